The summed E-state index contributed by atoms with van der Waals surface area (Å²) in [5.41, 5.74) is 7.51. The number of nitrogens with zero attached hydrogens (tertiary/aromatic N) is 2. The number of hydrogen-bond acceptors (Lipinski definition) is 5. The molecule has 1 atom stereocenters. The van der Waals surface area contributed by atoms with Gasteiger partial charge in [0.05, 0.1) is 16.7 Å². The quantitative estimate of drug-likeness (QED) is 0.617. The van der Waals surface area contributed by atoms with E-state index in [1.54, 1.807) is 18.5 Å². The molecule has 2 heterocycles. The lowest BCUT2D eigenvalue weighted by Gasteiger charge is -2.11. The van der Waals surface area contributed by atoms with Crippen LogP contribution in [0, 0.1) is 0 Å². The fourth-order valence-corrected chi connectivity index (χ4v) is 2.50. The molecule has 0 aliphatic heterocycles. The van der Waals surface area contributed by atoms with Crippen LogP contribution in [0.1, 0.15) is 12.8 Å². The van der Waals surface area contributed by atoms with E-state index in [2.05, 4.69) is 15.3 Å². The maximum atomic E-state index is 12.1. The second-order valence-electron chi connectivity index (χ2n) is 5.43. The molecule has 1 amide bonds. The molecule has 3 aromatic rings. The van der Waals surface area contributed by atoms with Gasteiger partial charge in [0.2, 0.25) is 5.91 Å². The first-order chi connectivity index (χ1) is 11.6. The number of carboxylic acids is 1. The Morgan fingerprint density at radius 2 is 1.88 bits per heavy atom. The summed E-state index contributed by atoms with van der Waals surface area (Å²) >= 11 is 0. The Labute approximate surface area is 137 Å². The fourth-order valence-electron chi connectivity index (χ4n) is 2.50. The molecule has 0 aliphatic rings. The largest absolute Gasteiger partial charge is 0.480 e. The SMILES string of the molecule is N[C@@H](CCC(=O)Nc1cc2cccnc2c2ncccc12)C(=O)O. The Hall–Kier alpha value is -3.06. The van der Waals surface area contributed by atoms with Crippen LogP contribution in [0.3, 0.4) is 0 Å². The number of carbonyl (C=O) groups is 2. The molecule has 4 N–H and O–H groups in total. The highest BCUT2D eigenvalue weighted by Crippen LogP contribution is 2.29. The predicted molar refractivity (Wildman–Crippen MR) is 90.5 cm³/mol. The van der Waals surface area contributed by atoms with Gasteiger partial charge in [-0.15, -0.1) is 0 Å². The molecule has 3 rings (SSSR count). The average molecular weight is 324 g/mol. The van der Waals surface area contributed by atoms with Gasteiger partial charge in [-0.25, -0.2) is 0 Å². The monoisotopic (exact) mass is 324 g/mol. The number of carboxylic acid groups (broad SMARTS) is 1. The van der Waals surface area contributed by atoms with Crippen molar-refractivity contribution in [2.75, 3.05) is 5.32 Å². The molecule has 0 saturated carbocycles. The number of aromatic nitrogens is 2. The lowest BCUT2D eigenvalue weighted by atomic mass is 10.1. The van der Waals surface area contributed by atoms with Gasteiger partial charge in [0.1, 0.15) is 6.04 Å². The number of pyridine rings is 2. The minimum absolute atomic E-state index is 0.0281. The molecule has 0 spiro atoms. The number of benzene rings is 1. The van der Waals surface area contributed by atoms with Crippen LogP contribution < -0.4 is 11.1 Å². The highest BCUT2D eigenvalue weighted by atomic mass is 16.4. The van der Waals surface area contributed by atoms with Gasteiger partial charge in [-0.2, -0.15) is 0 Å². The molecular weight excluding hydrogens is 308 g/mol. The minimum Gasteiger partial charge on any atom is -0.480 e. The van der Waals surface area contributed by atoms with E-state index in [4.69, 9.17) is 10.8 Å². The van der Waals surface area contributed by atoms with Gasteiger partial charge in [0, 0.05) is 29.6 Å². The van der Waals surface area contributed by atoms with E-state index in [1.165, 1.54) is 0 Å². The van der Waals surface area contributed by atoms with Gasteiger partial charge in [0.25, 0.3) is 0 Å². The number of carbonyl (C=O) groups excluding carboxylic acids is 1. The molecule has 122 valence electrons. The number of nitrogens with two attached hydrogens (primary N) is 1. The number of rotatable bonds is 5. The van der Waals surface area contributed by atoms with Crippen molar-refractivity contribution in [1.29, 1.82) is 0 Å². The Kier molecular flexibility index (Phi) is 4.35. The van der Waals surface area contributed by atoms with Gasteiger partial charge in [-0.3, -0.25) is 19.6 Å². The standard InChI is InChI=1S/C17H16N4O3/c18-12(17(23)24)5-6-14(22)21-13-9-10-3-1-7-19-15(10)16-11(13)4-2-8-20-16/h1-4,7-9,12H,5-6,18H2,(H,21,22)(H,23,24)/t12-/m0/s1. The first kappa shape index (κ1) is 15.8. The molecule has 0 saturated heterocycles. The summed E-state index contributed by atoms with van der Waals surface area (Å²) in [7, 11) is 0. The van der Waals surface area contributed by atoms with E-state index in [0.717, 1.165) is 16.3 Å². The fraction of sp³-hybridized carbons (Fsp3) is 0.176. The summed E-state index contributed by atoms with van der Waals surface area (Å²) < 4.78 is 0. The van der Waals surface area contributed by atoms with Gasteiger partial charge < -0.3 is 16.2 Å². The van der Waals surface area contributed by atoms with Gasteiger partial charge in [-0.1, -0.05) is 6.07 Å². The van der Waals surface area contributed by atoms with E-state index in [9.17, 15) is 9.59 Å². The third-order valence-electron chi connectivity index (χ3n) is 3.73. The first-order valence-corrected chi connectivity index (χ1v) is 7.47. The first-order valence-electron chi connectivity index (χ1n) is 7.47. The molecule has 0 bridgehead atoms. The number of nitrogens with one attached hydrogen (secondary N) is 1. The van der Waals surface area contributed by atoms with Crippen molar-refractivity contribution in [1.82, 2.24) is 9.97 Å². The summed E-state index contributed by atoms with van der Waals surface area (Å²) in [6.45, 7) is 0. The molecule has 0 unspecified atom stereocenters. The molecule has 0 fully saturated rings. The van der Waals surface area contributed by atoms with Crippen molar-refractivity contribution < 1.29 is 14.7 Å². The summed E-state index contributed by atoms with van der Waals surface area (Å²) in [6.07, 6.45) is 3.47. The van der Waals surface area contributed by atoms with Crippen LogP contribution in [-0.4, -0.2) is 33.0 Å². The smallest absolute Gasteiger partial charge is 0.320 e. The second kappa shape index (κ2) is 6.59. The topological polar surface area (TPSA) is 118 Å². The summed E-state index contributed by atoms with van der Waals surface area (Å²) in [5, 5.41) is 13.2. The summed E-state index contributed by atoms with van der Waals surface area (Å²) in [6, 6.07) is 8.14. The molecule has 24 heavy (non-hydrogen) atoms. The number of anilines is 1. The molecule has 7 heteroatoms. The molecule has 0 radical (unpaired) electrons. The van der Waals surface area contributed by atoms with Crippen LogP contribution in [0.4, 0.5) is 5.69 Å². The van der Waals surface area contributed by atoms with E-state index < -0.39 is 12.0 Å². The minimum atomic E-state index is -1.12. The third kappa shape index (κ3) is 3.16. The van der Waals surface area contributed by atoms with Crippen LogP contribution in [0.15, 0.2) is 42.7 Å². The van der Waals surface area contributed by atoms with Crippen molar-refractivity contribution in [3.63, 3.8) is 0 Å². The Balaban J connectivity index is 1.91. The normalized spacial score (nSPS) is 12.2. The molecular formula is C17H16N4O3. The lowest BCUT2D eigenvalue weighted by Crippen LogP contribution is -2.31. The molecule has 7 nitrogen and oxygen atoms in total. The highest BCUT2D eigenvalue weighted by Gasteiger charge is 2.15. The summed E-state index contributed by atoms with van der Waals surface area (Å²) in [4.78, 5) is 31.6. The van der Waals surface area contributed by atoms with Crippen LogP contribution in [-0.2, 0) is 9.59 Å². The third-order valence-corrected chi connectivity index (χ3v) is 3.73. The number of amides is 1. The van der Waals surface area contributed by atoms with Gasteiger partial charge >= 0.3 is 5.97 Å². The molecule has 0 aliphatic carbocycles. The van der Waals surface area contributed by atoms with Crippen molar-refractivity contribution >= 4 is 39.4 Å². The maximum Gasteiger partial charge on any atom is 0.320 e. The van der Waals surface area contributed by atoms with E-state index in [1.807, 2.05) is 24.3 Å². The van der Waals surface area contributed by atoms with Crippen LogP contribution in [0.25, 0.3) is 21.8 Å². The van der Waals surface area contributed by atoms with Crippen molar-refractivity contribution in [3.8, 4) is 0 Å². The van der Waals surface area contributed by atoms with Gasteiger partial charge in [-0.05, 0) is 30.7 Å². The number of aliphatic carboxylic acids is 1. The van der Waals surface area contributed by atoms with Crippen molar-refractivity contribution in [3.05, 3.63) is 42.7 Å². The Morgan fingerprint density at radius 1 is 1.17 bits per heavy atom. The lowest BCUT2D eigenvalue weighted by molar-refractivity contribution is -0.138. The Bertz CT molecular complexity index is 926. The van der Waals surface area contributed by atoms with E-state index >= 15 is 0 Å². The van der Waals surface area contributed by atoms with E-state index in [-0.39, 0.29) is 18.7 Å². The number of hydrogen-bond donors (Lipinski definition) is 3. The van der Waals surface area contributed by atoms with Crippen LogP contribution >= 0.6 is 0 Å². The van der Waals surface area contributed by atoms with Crippen LogP contribution in [0.5, 0.6) is 0 Å². The zero-order valence-electron chi connectivity index (χ0n) is 12.8. The molecule has 1 aromatic carbocycles. The highest BCUT2D eigenvalue weighted by molar-refractivity contribution is 6.11. The summed E-state index contributed by atoms with van der Waals surface area (Å²) in [5.74, 6) is -1.41. The van der Waals surface area contributed by atoms with Crippen molar-refractivity contribution in [2.45, 2.75) is 18.9 Å². The molecule has 2 aromatic heterocycles. The van der Waals surface area contributed by atoms with Gasteiger partial charge in [0.15, 0.2) is 0 Å². The van der Waals surface area contributed by atoms with Crippen molar-refractivity contribution in [2.24, 2.45) is 5.73 Å². The zero-order chi connectivity index (χ0) is 17.1. The maximum absolute atomic E-state index is 12.1. The average Bonchev–Trinajstić information content (AvgIpc) is 2.59. The van der Waals surface area contributed by atoms with Crippen LogP contribution in [0.2, 0.25) is 0 Å². The zero-order valence-corrected chi connectivity index (χ0v) is 12.8. The Morgan fingerprint density at radius 3 is 2.62 bits per heavy atom. The predicted octanol–water partition coefficient (Wildman–Crippen LogP) is 1.91. The number of fused-ring (bicyclic) bond motifs is 3. The van der Waals surface area contributed by atoms with E-state index in [0.29, 0.717) is 11.2 Å². The second-order valence-corrected chi connectivity index (χ2v) is 5.43.